The van der Waals surface area contributed by atoms with Crippen LogP contribution in [-0.2, 0) is 0 Å². The number of pyridine rings is 2. The lowest BCUT2D eigenvalue weighted by Gasteiger charge is -2.17. The molecule has 0 aliphatic heterocycles. The maximum absolute atomic E-state index is 11.8. The van der Waals surface area contributed by atoms with Crippen LogP contribution in [0.2, 0.25) is 5.15 Å². The molecule has 0 spiro atoms. The third kappa shape index (κ3) is 6.48. The Kier molecular flexibility index (Phi) is 10.3. The van der Waals surface area contributed by atoms with E-state index in [1.165, 1.54) is 0 Å². The summed E-state index contributed by atoms with van der Waals surface area (Å²) in [5.74, 6) is 0. The molecule has 0 N–H and O–H groups in total. The molecule has 298 valence electrons. The predicted octanol–water partition coefficient (Wildman–Crippen LogP) is 11.3. The van der Waals surface area contributed by atoms with E-state index in [-0.39, 0.29) is 16.3 Å². The van der Waals surface area contributed by atoms with E-state index in [0.717, 1.165) is 16.2 Å². The molecule has 0 bridgehead atoms. The van der Waals surface area contributed by atoms with Crippen molar-refractivity contribution in [3.63, 3.8) is 0 Å². The van der Waals surface area contributed by atoms with Crippen LogP contribution in [0.5, 0.6) is 0 Å². The highest BCUT2D eigenvalue weighted by atomic mass is 127. The Morgan fingerprint density at radius 2 is 0.891 bits per heavy atom. The second-order valence-corrected chi connectivity index (χ2v) is 16.3. The number of nitriles is 4. The fraction of sp³-hybridized carbons (Fsp3) is 0. The van der Waals surface area contributed by atoms with E-state index >= 15 is 0 Å². The van der Waals surface area contributed by atoms with Crippen molar-refractivity contribution in [2.24, 2.45) is 0 Å². The number of fused-ring (bicyclic) bond motifs is 3. The first-order valence-corrected chi connectivity index (χ1v) is 21.5. The van der Waals surface area contributed by atoms with Gasteiger partial charge in [-0.25, -0.2) is 9.97 Å². The van der Waals surface area contributed by atoms with E-state index in [0.29, 0.717) is 87.0 Å². The van der Waals surface area contributed by atoms with Crippen LogP contribution in [0, 0.1) is 49.0 Å². The molecule has 64 heavy (non-hydrogen) atoms. The van der Waals surface area contributed by atoms with Crippen LogP contribution in [0.1, 0.15) is 22.5 Å². The Bertz CT molecular complexity index is 3610. The van der Waals surface area contributed by atoms with Crippen molar-refractivity contribution in [3.8, 4) is 58.2 Å². The Morgan fingerprint density at radius 1 is 0.484 bits per heavy atom. The smallest absolute Gasteiger partial charge is 0.130 e. The Morgan fingerprint density at radius 3 is 1.36 bits per heavy atom. The van der Waals surface area contributed by atoms with E-state index in [1.807, 2.05) is 161 Å². The summed E-state index contributed by atoms with van der Waals surface area (Å²) in [5, 5.41) is 50.6. The lowest BCUT2D eigenvalue weighted by Crippen LogP contribution is -2.24. The zero-order chi connectivity index (χ0) is 43.9. The molecule has 10 aromatic rings. The highest BCUT2D eigenvalue weighted by molar-refractivity contribution is 14.1. The van der Waals surface area contributed by atoms with Gasteiger partial charge in [-0.15, -0.1) is 0 Å². The van der Waals surface area contributed by atoms with Gasteiger partial charge in [0.05, 0.1) is 56.7 Å². The molecular formula is C54H28ClIN8. The minimum Gasteiger partial charge on any atom is -0.307 e. The van der Waals surface area contributed by atoms with Gasteiger partial charge in [-0.1, -0.05) is 133 Å². The van der Waals surface area contributed by atoms with E-state index in [9.17, 15) is 21.0 Å². The molecule has 0 unspecified atom stereocenters. The molecule has 4 aromatic heterocycles. The predicted molar refractivity (Wildman–Crippen MR) is 260 cm³/mol. The number of benzene rings is 6. The zero-order valence-corrected chi connectivity index (χ0v) is 36.4. The maximum atomic E-state index is 11.8. The number of rotatable bonds is 6. The SMILES string of the molecule is N#C/C(c1nc(Cl)cc2ccccc12)=c1\c2c(-c3ccccc3C#N)n(-c3ccccc3)/c(=C(/C#N)c3nc(I)cc4ccccc34)c2c(-c2ccccc2C#N)n1-c1ccccc1. The highest BCUT2D eigenvalue weighted by Crippen LogP contribution is 2.41. The Balaban J connectivity index is 1.66. The molecule has 0 saturated carbocycles. The molecule has 0 aliphatic rings. The summed E-state index contributed by atoms with van der Waals surface area (Å²) in [5.41, 5.74) is 5.46. The van der Waals surface area contributed by atoms with E-state index < -0.39 is 0 Å². The van der Waals surface area contributed by atoms with E-state index in [2.05, 4.69) is 46.9 Å². The summed E-state index contributed by atoms with van der Waals surface area (Å²) >= 11 is 9.01. The average Bonchev–Trinajstić information content (AvgIpc) is 3.85. The van der Waals surface area contributed by atoms with Gasteiger partial charge in [-0.2, -0.15) is 21.0 Å². The molecule has 10 rings (SSSR count). The highest BCUT2D eigenvalue weighted by Gasteiger charge is 2.32. The van der Waals surface area contributed by atoms with E-state index in [4.69, 9.17) is 21.6 Å². The first-order valence-electron chi connectivity index (χ1n) is 20.0. The van der Waals surface area contributed by atoms with Crippen LogP contribution in [-0.4, -0.2) is 19.1 Å². The standard InChI is InChI=1S/C54H28ClIN8/c55-45-27-33-15-7-11-23-39(33)49(61-45)43(31-59)53-47-48(52(42-26-14-10-18-36(42)30-58)63(53)37-19-3-1-4-20-37)54(44(32-60)50-40-24-12-8-16-34(40)28-46(56)62-50)64(38-21-5-2-6-22-38)51(47)41-25-13-9-17-35(41)29-57/h1-28H/b53-43-,54-44-. The quantitative estimate of drug-likeness (QED) is 0.120. The first-order chi connectivity index (χ1) is 31.4. The number of nitrogens with zero attached hydrogens (tertiary/aromatic N) is 8. The molecule has 6 aromatic carbocycles. The molecule has 0 amide bonds. The summed E-state index contributed by atoms with van der Waals surface area (Å²) < 4.78 is 4.68. The van der Waals surface area contributed by atoms with Gasteiger partial charge in [0, 0.05) is 44.0 Å². The van der Waals surface area contributed by atoms with Crippen molar-refractivity contribution in [2.75, 3.05) is 0 Å². The summed E-state index contributed by atoms with van der Waals surface area (Å²) in [6, 6.07) is 63.2. The van der Waals surface area contributed by atoms with Crippen molar-refractivity contribution in [1.29, 1.82) is 21.0 Å². The molecule has 0 saturated heterocycles. The minimum atomic E-state index is 0.178. The number of hydrogen-bond donors (Lipinski definition) is 0. The summed E-state index contributed by atoms with van der Waals surface area (Å²) in [4.78, 5) is 9.98. The fourth-order valence-corrected chi connectivity index (χ4v) is 9.53. The van der Waals surface area contributed by atoms with Crippen LogP contribution in [0.4, 0.5) is 0 Å². The molecular weight excluding hydrogens is 923 g/mol. The van der Waals surface area contributed by atoms with Gasteiger partial charge in [0.15, 0.2) is 0 Å². The van der Waals surface area contributed by atoms with Gasteiger partial charge in [0.1, 0.15) is 32.1 Å². The zero-order valence-electron chi connectivity index (χ0n) is 33.5. The third-order valence-corrected chi connectivity index (χ3v) is 12.1. The topological polar surface area (TPSA) is 131 Å². The number of aromatic nitrogens is 4. The van der Waals surface area contributed by atoms with Crippen molar-refractivity contribution in [2.45, 2.75) is 0 Å². The van der Waals surface area contributed by atoms with Gasteiger partial charge in [0.2, 0.25) is 0 Å². The first kappa shape index (κ1) is 39.8. The molecule has 4 heterocycles. The molecule has 0 aliphatic carbocycles. The van der Waals surface area contributed by atoms with Crippen LogP contribution < -0.4 is 10.7 Å². The molecule has 10 heteroatoms. The Labute approximate surface area is 385 Å². The lowest BCUT2D eigenvalue weighted by molar-refractivity contribution is 1.01. The van der Waals surface area contributed by atoms with Gasteiger partial charge >= 0.3 is 0 Å². The largest absolute Gasteiger partial charge is 0.307 e. The van der Waals surface area contributed by atoms with Gasteiger partial charge < -0.3 is 9.13 Å². The van der Waals surface area contributed by atoms with Crippen molar-refractivity contribution in [1.82, 2.24) is 19.1 Å². The molecule has 0 atom stereocenters. The summed E-state index contributed by atoms with van der Waals surface area (Å²) in [6.07, 6.45) is 0. The van der Waals surface area contributed by atoms with Gasteiger partial charge in [-0.3, -0.25) is 0 Å². The number of halogens is 2. The average molecular weight is 951 g/mol. The summed E-state index contributed by atoms with van der Waals surface area (Å²) in [7, 11) is 0. The van der Waals surface area contributed by atoms with E-state index in [1.54, 1.807) is 18.2 Å². The van der Waals surface area contributed by atoms with Crippen molar-refractivity contribution in [3.05, 3.63) is 212 Å². The summed E-state index contributed by atoms with van der Waals surface area (Å²) in [6.45, 7) is 0. The second kappa shape index (κ2) is 16.5. The molecule has 0 radical (unpaired) electrons. The van der Waals surface area contributed by atoms with Crippen molar-refractivity contribution >= 4 is 77.7 Å². The second-order valence-electron chi connectivity index (χ2n) is 14.8. The maximum Gasteiger partial charge on any atom is 0.130 e. The normalized spacial score (nSPS) is 12.0. The third-order valence-electron chi connectivity index (χ3n) is 11.3. The minimum absolute atomic E-state index is 0.178. The molecule has 8 nitrogen and oxygen atoms in total. The van der Waals surface area contributed by atoms with Crippen LogP contribution in [0.3, 0.4) is 0 Å². The monoisotopic (exact) mass is 950 g/mol. The number of hydrogen-bond acceptors (Lipinski definition) is 6. The number of para-hydroxylation sites is 2. The Hall–Kier alpha value is -8.32. The van der Waals surface area contributed by atoms with Crippen molar-refractivity contribution < 1.29 is 0 Å². The van der Waals surface area contributed by atoms with Crippen LogP contribution in [0.15, 0.2) is 170 Å². The fourth-order valence-electron chi connectivity index (χ4n) is 8.75. The van der Waals surface area contributed by atoms with Crippen LogP contribution >= 0.6 is 34.2 Å². The lowest BCUT2D eigenvalue weighted by atomic mass is 9.98. The van der Waals surface area contributed by atoms with Gasteiger partial charge in [-0.05, 0) is 81.9 Å². The van der Waals surface area contributed by atoms with Gasteiger partial charge in [0.25, 0.3) is 0 Å². The van der Waals surface area contributed by atoms with Crippen LogP contribution in [0.25, 0.3) is 77.4 Å². The molecule has 0 fully saturated rings.